The first-order chi connectivity index (χ1) is 10.3. The van der Waals surface area contributed by atoms with Gasteiger partial charge in [0.15, 0.2) is 0 Å². The number of amides is 2. The Kier molecular flexibility index (Phi) is 4.39. The van der Waals surface area contributed by atoms with Crippen molar-refractivity contribution < 1.29 is 14.3 Å². The van der Waals surface area contributed by atoms with Gasteiger partial charge >= 0.3 is 6.09 Å². The van der Waals surface area contributed by atoms with E-state index >= 15 is 0 Å². The smallest absolute Gasteiger partial charge is 0.407 e. The molecule has 1 N–H and O–H groups in total. The number of nitrogens with one attached hydrogen (secondary N) is 1. The Hall–Kier alpha value is -2.11. The van der Waals surface area contributed by atoms with Crippen LogP contribution in [0.4, 0.5) is 4.79 Å². The first-order valence-electron chi connectivity index (χ1n) is 7.35. The minimum Gasteiger partial charge on any atom is -0.453 e. The van der Waals surface area contributed by atoms with Crippen molar-refractivity contribution in [3.05, 3.63) is 30.1 Å². The van der Waals surface area contributed by atoms with Gasteiger partial charge < -0.3 is 15.0 Å². The van der Waals surface area contributed by atoms with Gasteiger partial charge in [0.1, 0.15) is 5.54 Å². The monoisotopic (exact) mass is 305 g/mol. The molecule has 0 radical (unpaired) electrons. The Morgan fingerprint density at radius 2 is 2.09 bits per heavy atom. The van der Waals surface area contributed by atoms with Crippen molar-refractivity contribution in [1.29, 1.82) is 0 Å². The van der Waals surface area contributed by atoms with Crippen LogP contribution >= 0.6 is 0 Å². The summed E-state index contributed by atoms with van der Waals surface area (Å²) >= 11 is 0. The van der Waals surface area contributed by atoms with E-state index in [9.17, 15) is 9.59 Å². The zero-order valence-electron chi connectivity index (χ0n) is 13.5. The van der Waals surface area contributed by atoms with E-state index in [2.05, 4.69) is 10.3 Å². The molecule has 0 bridgehead atoms. The summed E-state index contributed by atoms with van der Waals surface area (Å²) < 4.78 is 4.74. The van der Waals surface area contributed by atoms with Gasteiger partial charge in [0.05, 0.1) is 12.8 Å². The van der Waals surface area contributed by atoms with E-state index < -0.39 is 17.0 Å². The van der Waals surface area contributed by atoms with Crippen molar-refractivity contribution in [2.75, 3.05) is 20.2 Å². The second-order valence-electron chi connectivity index (χ2n) is 6.64. The van der Waals surface area contributed by atoms with Crippen LogP contribution in [0.15, 0.2) is 24.4 Å². The fourth-order valence-corrected chi connectivity index (χ4v) is 2.72. The van der Waals surface area contributed by atoms with Crippen LogP contribution in [0.2, 0.25) is 0 Å². The highest BCUT2D eigenvalue weighted by atomic mass is 16.5. The minimum absolute atomic E-state index is 0.0666. The maximum absolute atomic E-state index is 12.5. The van der Waals surface area contributed by atoms with Crippen LogP contribution in [0.3, 0.4) is 0 Å². The number of carbonyl (C=O) groups excluding carboxylic acids is 2. The molecule has 6 heteroatoms. The summed E-state index contributed by atoms with van der Waals surface area (Å²) in [7, 11) is 1.33. The zero-order chi connectivity index (χ0) is 16.4. The molecular weight excluding hydrogens is 282 g/mol. The number of hydrogen-bond donors (Lipinski definition) is 1. The van der Waals surface area contributed by atoms with Gasteiger partial charge in [-0.05, 0) is 18.6 Å². The summed E-state index contributed by atoms with van der Waals surface area (Å²) in [6.07, 6.45) is 1.78. The molecule has 1 aliphatic rings. The van der Waals surface area contributed by atoms with Crippen LogP contribution in [0.5, 0.6) is 0 Å². The highest BCUT2D eigenvalue weighted by Gasteiger charge is 2.45. The fraction of sp³-hybridized carbons (Fsp3) is 0.562. The molecule has 1 fully saturated rings. The summed E-state index contributed by atoms with van der Waals surface area (Å²) in [6, 6.07) is 5.56. The summed E-state index contributed by atoms with van der Waals surface area (Å²) in [5, 5.41) is 2.88. The van der Waals surface area contributed by atoms with Crippen LogP contribution in [-0.4, -0.2) is 42.1 Å². The van der Waals surface area contributed by atoms with Gasteiger partial charge in [0.2, 0.25) is 5.91 Å². The Bertz CT molecular complexity index is 554. The summed E-state index contributed by atoms with van der Waals surface area (Å²) in [5.41, 5.74) is -0.412. The van der Waals surface area contributed by atoms with E-state index in [0.29, 0.717) is 19.5 Å². The maximum Gasteiger partial charge on any atom is 0.407 e. The van der Waals surface area contributed by atoms with Crippen molar-refractivity contribution >= 4 is 12.0 Å². The lowest BCUT2D eigenvalue weighted by Gasteiger charge is -2.31. The van der Waals surface area contributed by atoms with E-state index in [-0.39, 0.29) is 5.91 Å². The molecule has 22 heavy (non-hydrogen) atoms. The predicted molar refractivity (Wildman–Crippen MR) is 82.1 cm³/mol. The van der Waals surface area contributed by atoms with Crippen LogP contribution < -0.4 is 5.32 Å². The number of ether oxygens (including phenoxy) is 1. The molecule has 2 amide bonds. The molecule has 1 atom stereocenters. The van der Waals surface area contributed by atoms with Crippen LogP contribution in [-0.2, 0) is 15.1 Å². The van der Waals surface area contributed by atoms with Gasteiger partial charge in [-0.15, -0.1) is 0 Å². The van der Waals surface area contributed by atoms with Gasteiger partial charge in [0, 0.05) is 24.7 Å². The number of pyridine rings is 1. The topological polar surface area (TPSA) is 71.5 Å². The van der Waals surface area contributed by atoms with Crippen molar-refractivity contribution in [3.63, 3.8) is 0 Å². The van der Waals surface area contributed by atoms with Gasteiger partial charge in [-0.25, -0.2) is 4.79 Å². The molecule has 0 aliphatic carbocycles. The number of nitrogens with zero attached hydrogens (tertiary/aromatic N) is 2. The third-order valence-corrected chi connectivity index (χ3v) is 3.88. The molecule has 1 saturated heterocycles. The zero-order valence-corrected chi connectivity index (χ0v) is 13.5. The average molecular weight is 305 g/mol. The van der Waals surface area contributed by atoms with Crippen molar-refractivity contribution in [2.24, 2.45) is 5.41 Å². The quantitative estimate of drug-likeness (QED) is 0.906. The highest BCUT2D eigenvalue weighted by Crippen LogP contribution is 2.33. The molecule has 1 aromatic heterocycles. The van der Waals surface area contributed by atoms with E-state index in [1.807, 2.05) is 39.0 Å². The highest BCUT2D eigenvalue weighted by molar-refractivity contribution is 5.82. The third-order valence-electron chi connectivity index (χ3n) is 3.88. The largest absolute Gasteiger partial charge is 0.453 e. The van der Waals surface area contributed by atoms with Crippen molar-refractivity contribution in [1.82, 2.24) is 15.2 Å². The molecule has 1 aromatic rings. The van der Waals surface area contributed by atoms with Gasteiger partial charge in [0.25, 0.3) is 0 Å². The molecule has 6 nitrogen and oxygen atoms in total. The van der Waals surface area contributed by atoms with Crippen molar-refractivity contribution in [3.8, 4) is 0 Å². The Balaban J connectivity index is 2.29. The molecule has 0 saturated carbocycles. The predicted octanol–water partition coefficient (Wildman–Crippen LogP) is 1.91. The summed E-state index contributed by atoms with van der Waals surface area (Å²) in [6.45, 7) is 6.66. The Morgan fingerprint density at radius 1 is 1.36 bits per heavy atom. The molecule has 1 aliphatic heterocycles. The number of methoxy groups -OCH3 is 1. The van der Waals surface area contributed by atoms with Crippen LogP contribution in [0.25, 0.3) is 0 Å². The molecule has 0 spiro atoms. The van der Waals surface area contributed by atoms with Crippen LogP contribution in [0.1, 0.15) is 32.9 Å². The standard InChI is InChI=1S/C16H23N3O3/c1-15(2,3)13(20)19-10-8-16(11-19,18-14(21)22-4)12-7-5-6-9-17-12/h5-7,9H,8,10-11H2,1-4H3,(H,18,21). The lowest BCUT2D eigenvalue weighted by atomic mass is 9.92. The molecular formula is C16H23N3O3. The Morgan fingerprint density at radius 3 is 2.64 bits per heavy atom. The molecule has 120 valence electrons. The third kappa shape index (κ3) is 3.21. The van der Waals surface area contributed by atoms with Crippen LogP contribution in [0, 0.1) is 5.41 Å². The number of carbonyl (C=O) groups is 2. The van der Waals surface area contributed by atoms with Crippen molar-refractivity contribution in [2.45, 2.75) is 32.7 Å². The number of aromatic nitrogens is 1. The number of alkyl carbamates (subject to hydrolysis) is 1. The average Bonchev–Trinajstić information content (AvgIpc) is 2.91. The normalized spacial score (nSPS) is 21.5. The fourth-order valence-electron chi connectivity index (χ4n) is 2.72. The number of rotatable bonds is 2. The molecule has 0 aromatic carbocycles. The summed E-state index contributed by atoms with van der Waals surface area (Å²) in [5.74, 6) is 0.0666. The molecule has 2 rings (SSSR count). The van der Waals surface area contributed by atoms with E-state index in [4.69, 9.17) is 4.74 Å². The lowest BCUT2D eigenvalue weighted by molar-refractivity contribution is -0.138. The first kappa shape index (κ1) is 16.3. The van der Waals surface area contributed by atoms with E-state index in [0.717, 1.165) is 5.69 Å². The lowest BCUT2D eigenvalue weighted by Crippen LogP contribution is -2.50. The number of hydrogen-bond acceptors (Lipinski definition) is 4. The minimum atomic E-state index is -0.699. The second-order valence-corrected chi connectivity index (χ2v) is 6.64. The SMILES string of the molecule is COC(=O)NC1(c2ccccn2)CCN(C(=O)C(C)(C)C)C1. The van der Waals surface area contributed by atoms with Gasteiger partial charge in [-0.2, -0.15) is 0 Å². The Labute approximate surface area is 130 Å². The van der Waals surface area contributed by atoms with Gasteiger partial charge in [-0.3, -0.25) is 9.78 Å². The van der Waals surface area contributed by atoms with Gasteiger partial charge in [-0.1, -0.05) is 26.8 Å². The molecule has 1 unspecified atom stereocenters. The summed E-state index contributed by atoms with van der Waals surface area (Å²) in [4.78, 5) is 30.4. The van der Waals surface area contributed by atoms with E-state index in [1.54, 1.807) is 11.1 Å². The second kappa shape index (κ2) is 5.94. The number of likely N-dealkylation sites (tertiary alicyclic amines) is 1. The molecule has 2 heterocycles. The van der Waals surface area contributed by atoms with E-state index in [1.165, 1.54) is 7.11 Å². The first-order valence-corrected chi connectivity index (χ1v) is 7.35. The maximum atomic E-state index is 12.5.